The molecule has 0 aliphatic heterocycles. The molecule has 332 valence electrons. The van der Waals surface area contributed by atoms with Crippen LogP contribution in [0, 0.1) is 0 Å². The maximum absolute atomic E-state index is 13.2. The summed E-state index contributed by atoms with van der Waals surface area (Å²) in [5, 5.41) is 23.7. The van der Waals surface area contributed by atoms with E-state index in [1.165, 1.54) is 173 Å². The van der Waals surface area contributed by atoms with Gasteiger partial charge >= 0.3 is 5.97 Å². The van der Waals surface area contributed by atoms with Crippen LogP contribution in [0.15, 0.2) is 12.2 Å². The van der Waals surface area contributed by atoms with Gasteiger partial charge in [-0.05, 0) is 51.4 Å². The fraction of sp³-hybridized carbons (Fsp3) is 0.920. The molecule has 0 saturated heterocycles. The lowest BCUT2D eigenvalue weighted by atomic mass is 10.0. The average molecular weight is 792 g/mol. The number of hydrogen-bond donors (Lipinski definition) is 3. The van der Waals surface area contributed by atoms with Crippen LogP contribution in [-0.4, -0.2) is 46.9 Å². The number of amides is 1. The van der Waals surface area contributed by atoms with Gasteiger partial charge in [0.1, 0.15) is 6.10 Å². The molecule has 6 heteroatoms. The fourth-order valence-corrected chi connectivity index (χ4v) is 7.78. The molecule has 56 heavy (non-hydrogen) atoms. The summed E-state index contributed by atoms with van der Waals surface area (Å²) in [6.07, 6.45) is 48.4. The van der Waals surface area contributed by atoms with Gasteiger partial charge in [0.2, 0.25) is 5.91 Å². The standard InChI is InChI=1S/C50H97NO5/c1-4-7-10-13-16-19-22-24-25-27-29-32-35-38-41-46(56-50(55)43-40-37-34-31-28-23-20-17-14-11-8-5-2)44-49(54)51-47(45-52)48(53)42-39-36-33-30-26-21-18-15-12-9-6-3/h17,20,46-48,52-53H,4-16,18-19,21-45H2,1-3H3,(H,51,54)/b20-17-. The summed E-state index contributed by atoms with van der Waals surface area (Å²) in [5.74, 6) is -0.469. The van der Waals surface area contributed by atoms with Crippen molar-refractivity contribution in [1.29, 1.82) is 0 Å². The van der Waals surface area contributed by atoms with Crippen LogP contribution >= 0.6 is 0 Å². The van der Waals surface area contributed by atoms with Gasteiger partial charge in [-0.25, -0.2) is 0 Å². The van der Waals surface area contributed by atoms with Crippen molar-refractivity contribution in [3.8, 4) is 0 Å². The van der Waals surface area contributed by atoms with E-state index in [2.05, 4.69) is 38.2 Å². The van der Waals surface area contributed by atoms with Crippen LogP contribution in [0.3, 0.4) is 0 Å². The molecule has 3 unspecified atom stereocenters. The Kier molecular flexibility index (Phi) is 43.6. The number of ether oxygens (including phenoxy) is 1. The number of unbranched alkanes of at least 4 members (excludes halogenated alkanes) is 31. The van der Waals surface area contributed by atoms with Gasteiger partial charge in [-0.15, -0.1) is 0 Å². The van der Waals surface area contributed by atoms with Gasteiger partial charge in [-0.2, -0.15) is 0 Å². The first-order chi connectivity index (χ1) is 27.5. The molecule has 0 aromatic heterocycles. The van der Waals surface area contributed by atoms with Crippen LogP contribution in [-0.2, 0) is 14.3 Å². The quantitative estimate of drug-likeness (QED) is 0.0324. The summed E-state index contributed by atoms with van der Waals surface area (Å²) in [4.78, 5) is 26.1. The predicted octanol–water partition coefficient (Wildman–Crippen LogP) is 14.6. The minimum atomic E-state index is -0.781. The maximum atomic E-state index is 13.2. The topological polar surface area (TPSA) is 95.9 Å². The summed E-state index contributed by atoms with van der Waals surface area (Å²) in [7, 11) is 0. The highest BCUT2D eigenvalue weighted by Crippen LogP contribution is 2.18. The van der Waals surface area contributed by atoms with Crippen LogP contribution in [0.4, 0.5) is 0 Å². The second kappa shape index (κ2) is 44.7. The van der Waals surface area contributed by atoms with E-state index in [1.54, 1.807) is 0 Å². The molecule has 0 rings (SSSR count). The molecule has 3 atom stereocenters. The van der Waals surface area contributed by atoms with Crippen molar-refractivity contribution in [3.63, 3.8) is 0 Å². The molecular weight excluding hydrogens is 695 g/mol. The third-order valence-corrected chi connectivity index (χ3v) is 11.6. The Morgan fingerprint density at radius 2 is 0.857 bits per heavy atom. The molecule has 0 heterocycles. The largest absolute Gasteiger partial charge is 0.462 e. The molecule has 0 saturated carbocycles. The summed E-state index contributed by atoms with van der Waals surface area (Å²) in [5.41, 5.74) is 0. The second-order valence-corrected chi connectivity index (χ2v) is 17.2. The van der Waals surface area contributed by atoms with E-state index >= 15 is 0 Å². The molecule has 1 amide bonds. The van der Waals surface area contributed by atoms with Gasteiger partial charge < -0.3 is 20.3 Å². The van der Waals surface area contributed by atoms with Crippen LogP contribution in [0.5, 0.6) is 0 Å². The SMILES string of the molecule is CCCCC/C=C\CCCCCCCC(=O)OC(CCCCCCCCCCCCCCCC)CC(=O)NC(CO)C(O)CCCCCCCCCCCCC. The van der Waals surface area contributed by atoms with Crippen molar-refractivity contribution < 1.29 is 24.5 Å². The van der Waals surface area contributed by atoms with E-state index in [-0.39, 0.29) is 24.9 Å². The fourth-order valence-electron chi connectivity index (χ4n) is 7.78. The monoisotopic (exact) mass is 792 g/mol. The van der Waals surface area contributed by atoms with Gasteiger partial charge in [-0.1, -0.05) is 219 Å². The molecule has 0 aliphatic rings. The summed E-state index contributed by atoms with van der Waals surface area (Å²) in [6.45, 7) is 6.47. The number of esters is 1. The number of rotatable bonds is 45. The number of hydrogen-bond acceptors (Lipinski definition) is 5. The van der Waals surface area contributed by atoms with Crippen molar-refractivity contribution in [3.05, 3.63) is 12.2 Å². The van der Waals surface area contributed by atoms with Gasteiger partial charge in [0.25, 0.3) is 0 Å². The van der Waals surface area contributed by atoms with Gasteiger partial charge in [-0.3, -0.25) is 9.59 Å². The lowest BCUT2D eigenvalue weighted by Gasteiger charge is -2.24. The molecule has 0 bridgehead atoms. The van der Waals surface area contributed by atoms with Crippen molar-refractivity contribution in [2.75, 3.05) is 6.61 Å². The molecule has 3 N–H and O–H groups in total. The zero-order valence-corrected chi connectivity index (χ0v) is 37.8. The third kappa shape index (κ3) is 39.4. The number of allylic oxidation sites excluding steroid dienone is 2. The van der Waals surface area contributed by atoms with Gasteiger partial charge in [0.15, 0.2) is 0 Å². The van der Waals surface area contributed by atoms with Gasteiger partial charge in [0.05, 0.1) is 25.2 Å². The first-order valence-corrected chi connectivity index (χ1v) is 24.9. The van der Waals surface area contributed by atoms with Gasteiger partial charge in [0, 0.05) is 6.42 Å². The maximum Gasteiger partial charge on any atom is 0.306 e. The van der Waals surface area contributed by atoms with Crippen LogP contribution in [0.1, 0.15) is 271 Å². The number of aliphatic hydroxyl groups is 2. The van der Waals surface area contributed by atoms with Crippen molar-refractivity contribution in [2.24, 2.45) is 0 Å². The molecular formula is C50H97NO5. The number of nitrogens with one attached hydrogen (secondary N) is 1. The number of aliphatic hydroxyl groups excluding tert-OH is 2. The van der Waals surface area contributed by atoms with Crippen molar-refractivity contribution in [2.45, 2.75) is 289 Å². The Morgan fingerprint density at radius 3 is 1.30 bits per heavy atom. The Balaban J connectivity index is 4.56. The zero-order valence-electron chi connectivity index (χ0n) is 37.8. The minimum Gasteiger partial charge on any atom is -0.462 e. The van der Waals surface area contributed by atoms with E-state index in [4.69, 9.17) is 4.74 Å². The Bertz CT molecular complexity index is 847. The summed E-state index contributed by atoms with van der Waals surface area (Å²) < 4.78 is 5.92. The lowest BCUT2D eigenvalue weighted by Crippen LogP contribution is -2.46. The van der Waals surface area contributed by atoms with Crippen LogP contribution in [0.25, 0.3) is 0 Å². The predicted molar refractivity (Wildman–Crippen MR) is 241 cm³/mol. The van der Waals surface area contributed by atoms with E-state index in [0.29, 0.717) is 19.3 Å². The Hall–Kier alpha value is -1.40. The Labute approximate surface area is 349 Å². The second-order valence-electron chi connectivity index (χ2n) is 17.2. The number of carbonyl (C=O) groups excluding carboxylic acids is 2. The molecule has 0 aliphatic carbocycles. The summed E-state index contributed by atoms with van der Waals surface area (Å²) >= 11 is 0. The smallest absolute Gasteiger partial charge is 0.306 e. The van der Waals surface area contributed by atoms with E-state index < -0.39 is 18.2 Å². The molecule has 0 radical (unpaired) electrons. The first-order valence-electron chi connectivity index (χ1n) is 24.9. The highest BCUT2D eigenvalue weighted by Gasteiger charge is 2.24. The third-order valence-electron chi connectivity index (χ3n) is 11.6. The van der Waals surface area contributed by atoms with Crippen LogP contribution < -0.4 is 5.32 Å². The zero-order chi connectivity index (χ0) is 41.0. The van der Waals surface area contributed by atoms with Crippen molar-refractivity contribution >= 4 is 11.9 Å². The molecule has 6 nitrogen and oxygen atoms in total. The highest BCUT2D eigenvalue weighted by atomic mass is 16.5. The molecule has 0 spiro atoms. The van der Waals surface area contributed by atoms with Crippen molar-refractivity contribution in [1.82, 2.24) is 5.32 Å². The molecule has 0 fully saturated rings. The van der Waals surface area contributed by atoms with E-state index in [0.717, 1.165) is 51.4 Å². The van der Waals surface area contributed by atoms with E-state index in [1.807, 2.05) is 0 Å². The highest BCUT2D eigenvalue weighted by molar-refractivity contribution is 5.77. The van der Waals surface area contributed by atoms with E-state index in [9.17, 15) is 19.8 Å². The molecule has 0 aromatic carbocycles. The number of carbonyl (C=O) groups is 2. The van der Waals surface area contributed by atoms with Crippen LogP contribution in [0.2, 0.25) is 0 Å². The normalized spacial score (nSPS) is 13.3. The average Bonchev–Trinajstić information content (AvgIpc) is 3.19. The first kappa shape index (κ1) is 54.6. The summed E-state index contributed by atoms with van der Waals surface area (Å²) in [6, 6.07) is -0.695. The minimum absolute atomic E-state index is 0.0812. The lowest BCUT2D eigenvalue weighted by molar-refractivity contribution is -0.151. The Morgan fingerprint density at radius 1 is 0.500 bits per heavy atom. The molecule has 0 aromatic rings.